The molecule has 1 aliphatic rings. The van der Waals surface area contributed by atoms with Gasteiger partial charge in [-0.1, -0.05) is 37.6 Å². The highest BCUT2D eigenvalue weighted by Gasteiger charge is 2.23. The Kier molecular flexibility index (Phi) is 5.70. The summed E-state index contributed by atoms with van der Waals surface area (Å²) in [6, 6.07) is 6.32. The molecule has 1 heterocycles. The predicted octanol–water partition coefficient (Wildman–Crippen LogP) is 3.24. The summed E-state index contributed by atoms with van der Waals surface area (Å²) in [6.07, 6.45) is 3.19. The molecule has 1 saturated heterocycles. The summed E-state index contributed by atoms with van der Waals surface area (Å²) in [5.41, 5.74) is 8.53. The smallest absolute Gasteiger partial charge is 0.0748 e. The Morgan fingerprint density at radius 1 is 1.45 bits per heavy atom. The average molecular weight is 297 g/mol. The van der Waals surface area contributed by atoms with Gasteiger partial charge in [-0.25, -0.2) is 0 Å². The maximum Gasteiger partial charge on any atom is 0.0748 e. The summed E-state index contributed by atoms with van der Waals surface area (Å²) < 4.78 is 5.75. The highest BCUT2D eigenvalue weighted by atomic mass is 35.5. The van der Waals surface area contributed by atoms with Gasteiger partial charge in [-0.2, -0.15) is 0 Å². The number of morpholine rings is 1. The molecule has 2 atom stereocenters. The lowest BCUT2D eigenvalue weighted by molar-refractivity contribution is 0.0384. The number of halogens is 1. The van der Waals surface area contributed by atoms with E-state index in [0.717, 1.165) is 49.7 Å². The first kappa shape index (κ1) is 15.6. The van der Waals surface area contributed by atoms with Crippen LogP contribution in [0.15, 0.2) is 18.2 Å². The van der Waals surface area contributed by atoms with E-state index in [4.69, 9.17) is 22.1 Å². The van der Waals surface area contributed by atoms with E-state index >= 15 is 0 Å². The van der Waals surface area contributed by atoms with E-state index in [1.54, 1.807) is 0 Å². The van der Waals surface area contributed by atoms with Crippen molar-refractivity contribution in [3.8, 4) is 0 Å². The van der Waals surface area contributed by atoms with Gasteiger partial charge >= 0.3 is 0 Å². The predicted molar refractivity (Wildman–Crippen MR) is 85.7 cm³/mol. The Bertz CT molecular complexity index is 438. The van der Waals surface area contributed by atoms with Crippen molar-refractivity contribution in [3.63, 3.8) is 0 Å². The third-order valence-electron chi connectivity index (χ3n) is 3.99. The van der Waals surface area contributed by atoms with Crippen molar-refractivity contribution in [2.24, 2.45) is 5.73 Å². The van der Waals surface area contributed by atoms with Crippen LogP contribution in [0.5, 0.6) is 0 Å². The van der Waals surface area contributed by atoms with Crippen LogP contribution in [0.25, 0.3) is 0 Å². The first-order chi connectivity index (χ1) is 9.65. The summed E-state index contributed by atoms with van der Waals surface area (Å²) in [7, 11) is 0. The Balaban J connectivity index is 2.24. The number of para-hydroxylation sites is 1. The van der Waals surface area contributed by atoms with Crippen LogP contribution in [0.2, 0.25) is 5.02 Å². The molecule has 0 amide bonds. The van der Waals surface area contributed by atoms with Crippen molar-refractivity contribution < 1.29 is 4.74 Å². The molecule has 0 bridgehead atoms. The van der Waals surface area contributed by atoms with E-state index in [9.17, 15) is 0 Å². The summed E-state index contributed by atoms with van der Waals surface area (Å²) in [5.74, 6) is 0. The Labute approximate surface area is 127 Å². The van der Waals surface area contributed by atoms with Gasteiger partial charge in [0.1, 0.15) is 0 Å². The second-order valence-corrected chi connectivity index (χ2v) is 5.87. The SMILES string of the molecule is CCC(N)Cc1cccc(Cl)c1N1CCOC(CC)C1. The number of nitrogens with two attached hydrogens (primary N) is 1. The summed E-state index contributed by atoms with van der Waals surface area (Å²) >= 11 is 6.46. The highest BCUT2D eigenvalue weighted by Crippen LogP contribution is 2.32. The third kappa shape index (κ3) is 3.66. The number of hydrogen-bond acceptors (Lipinski definition) is 3. The fourth-order valence-electron chi connectivity index (χ4n) is 2.68. The first-order valence-corrected chi connectivity index (χ1v) is 7.93. The van der Waals surface area contributed by atoms with E-state index < -0.39 is 0 Å². The lowest BCUT2D eigenvalue weighted by atomic mass is 10.0. The van der Waals surface area contributed by atoms with Crippen LogP contribution in [-0.4, -0.2) is 31.8 Å². The minimum absolute atomic E-state index is 0.190. The largest absolute Gasteiger partial charge is 0.375 e. The highest BCUT2D eigenvalue weighted by molar-refractivity contribution is 6.33. The average Bonchev–Trinajstić information content (AvgIpc) is 2.47. The molecule has 2 N–H and O–H groups in total. The zero-order valence-electron chi connectivity index (χ0n) is 12.4. The normalized spacial score (nSPS) is 21.0. The molecule has 1 aromatic carbocycles. The molecule has 0 spiro atoms. The minimum atomic E-state index is 0.190. The van der Waals surface area contributed by atoms with E-state index in [2.05, 4.69) is 24.8 Å². The molecular weight excluding hydrogens is 272 g/mol. The lowest BCUT2D eigenvalue weighted by Gasteiger charge is -2.36. The van der Waals surface area contributed by atoms with Crippen molar-refractivity contribution in [1.82, 2.24) is 0 Å². The second kappa shape index (κ2) is 7.30. The molecule has 2 rings (SSSR count). The second-order valence-electron chi connectivity index (χ2n) is 5.47. The van der Waals surface area contributed by atoms with Gasteiger partial charge in [0, 0.05) is 19.1 Å². The molecule has 1 aliphatic heterocycles. The molecule has 0 radical (unpaired) electrons. The zero-order valence-corrected chi connectivity index (χ0v) is 13.2. The van der Waals surface area contributed by atoms with Crippen LogP contribution >= 0.6 is 11.6 Å². The van der Waals surface area contributed by atoms with Crippen LogP contribution in [0.1, 0.15) is 32.3 Å². The minimum Gasteiger partial charge on any atom is -0.375 e. The number of hydrogen-bond donors (Lipinski definition) is 1. The topological polar surface area (TPSA) is 38.5 Å². The van der Waals surface area contributed by atoms with Crippen LogP contribution < -0.4 is 10.6 Å². The Morgan fingerprint density at radius 2 is 2.25 bits per heavy atom. The molecule has 2 unspecified atom stereocenters. The standard InChI is InChI=1S/C16H25ClN2O/c1-3-13(18)10-12-6-5-7-15(17)16(12)19-8-9-20-14(4-2)11-19/h5-7,13-14H,3-4,8-11,18H2,1-2H3. The molecular formula is C16H25ClN2O. The number of anilines is 1. The van der Waals surface area contributed by atoms with Gasteiger partial charge in [0.2, 0.25) is 0 Å². The zero-order chi connectivity index (χ0) is 14.5. The van der Waals surface area contributed by atoms with Crippen molar-refractivity contribution in [3.05, 3.63) is 28.8 Å². The van der Waals surface area contributed by atoms with Crippen molar-refractivity contribution >= 4 is 17.3 Å². The van der Waals surface area contributed by atoms with Gasteiger partial charge in [-0.05, 0) is 30.9 Å². The summed E-state index contributed by atoms with van der Waals surface area (Å²) in [6.45, 7) is 6.86. The van der Waals surface area contributed by atoms with Crippen LogP contribution in [0.4, 0.5) is 5.69 Å². The molecule has 0 aromatic heterocycles. The quantitative estimate of drug-likeness (QED) is 0.906. The fourth-order valence-corrected chi connectivity index (χ4v) is 2.99. The Morgan fingerprint density at radius 3 is 2.95 bits per heavy atom. The van der Waals surface area contributed by atoms with Crippen LogP contribution in [-0.2, 0) is 11.2 Å². The molecule has 112 valence electrons. The molecule has 4 heteroatoms. The van der Waals surface area contributed by atoms with Gasteiger partial charge in [-0.3, -0.25) is 0 Å². The maximum absolute atomic E-state index is 6.46. The van der Waals surface area contributed by atoms with Crippen molar-refractivity contribution in [2.45, 2.75) is 45.3 Å². The first-order valence-electron chi connectivity index (χ1n) is 7.55. The third-order valence-corrected chi connectivity index (χ3v) is 4.29. The number of nitrogens with zero attached hydrogens (tertiary/aromatic N) is 1. The lowest BCUT2D eigenvalue weighted by Crippen LogP contribution is -2.43. The molecule has 1 fully saturated rings. The van der Waals surface area contributed by atoms with Crippen molar-refractivity contribution in [1.29, 1.82) is 0 Å². The molecule has 0 saturated carbocycles. The summed E-state index contributed by atoms with van der Waals surface area (Å²) in [4.78, 5) is 2.36. The van der Waals surface area contributed by atoms with Gasteiger partial charge in [0.25, 0.3) is 0 Å². The fraction of sp³-hybridized carbons (Fsp3) is 0.625. The van der Waals surface area contributed by atoms with E-state index in [-0.39, 0.29) is 6.04 Å². The van der Waals surface area contributed by atoms with E-state index in [0.29, 0.717) is 6.10 Å². The number of rotatable bonds is 5. The van der Waals surface area contributed by atoms with Gasteiger partial charge in [0.05, 0.1) is 23.4 Å². The maximum atomic E-state index is 6.46. The number of benzene rings is 1. The molecule has 0 aliphatic carbocycles. The van der Waals surface area contributed by atoms with Crippen LogP contribution in [0.3, 0.4) is 0 Å². The van der Waals surface area contributed by atoms with Gasteiger partial charge in [0.15, 0.2) is 0 Å². The number of ether oxygens (including phenoxy) is 1. The summed E-state index contributed by atoms with van der Waals surface area (Å²) in [5, 5.41) is 0.822. The molecule has 1 aromatic rings. The van der Waals surface area contributed by atoms with Gasteiger partial charge in [-0.15, -0.1) is 0 Å². The van der Waals surface area contributed by atoms with E-state index in [1.165, 1.54) is 5.56 Å². The van der Waals surface area contributed by atoms with E-state index in [1.807, 2.05) is 12.1 Å². The van der Waals surface area contributed by atoms with Gasteiger partial charge < -0.3 is 15.4 Å². The molecule has 3 nitrogen and oxygen atoms in total. The Hall–Kier alpha value is -0.770. The molecule has 20 heavy (non-hydrogen) atoms. The van der Waals surface area contributed by atoms with Crippen LogP contribution in [0, 0.1) is 0 Å². The monoisotopic (exact) mass is 296 g/mol. The van der Waals surface area contributed by atoms with Crippen molar-refractivity contribution in [2.75, 3.05) is 24.6 Å².